The molecule has 1 rings (SSSR count). The van der Waals surface area contributed by atoms with Crippen LogP contribution in [0.15, 0.2) is 18.5 Å². The number of hydrogen-bond donors (Lipinski definition) is 1. The molecule has 0 aliphatic heterocycles. The maximum atomic E-state index is 11.3. The Kier molecular flexibility index (Phi) is 4.43. The van der Waals surface area contributed by atoms with Gasteiger partial charge in [-0.05, 0) is 0 Å². The van der Waals surface area contributed by atoms with Crippen LogP contribution in [-0.4, -0.2) is 40.3 Å². The van der Waals surface area contributed by atoms with Crippen molar-refractivity contribution in [1.29, 1.82) is 0 Å². The Balaban J connectivity index is 2.70. The van der Waals surface area contributed by atoms with Crippen molar-refractivity contribution >= 4 is 25.2 Å². The minimum atomic E-state index is -2.03. The van der Waals surface area contributed by atoms with E-state index < -0.39 is 25.2 Å². The molecule has 0 saturated heterocycles. The molecule has 1 aromatic heterocycles. The summed E-state index contributed by atoms with van der Waals surface area (Å²) >= 11 is -2.03. The fourth-order valence-electron chi connectivity index (χ4n) is 1.04. The van der Waals surface area contributed by atoms with Crippen LogP contribution < -0.4 is 0 Å². The van der Waals surface area contributed by atoms with Gasteiger partial charge in [-0.3, -0.25) is 0 Å². The fraction of sp³-hybridized carbons (Fsp3) is 0.333. The van der Waals surface area contributed by atoms with Gasteiger partial charge in [0.25, 0.3) is 0 Å². The van der Waals surface area contributed by atoms with Gasteiger partial charge in [-0.15, -0.1) is 0 Å². The quantitative estimate of drug-likeness (QED) is 0.613. The van der Waals surface area contributed by atoms with E-state index in [-0.39, 0.29) is 0 Å². The molecule has 1 heterocycles. The third-order valence-corrected chi connectivity index (χ3v) is 6.41. The minimum absolute atomic E-state index is 0.426. The van der Waals surface area contributed by atoms with Crippen molar-refractivity contribution in [1.82, 2.24) is 9.97 Å². The van der Waals surface area contributed by atoms with Gasteiger partial charge in [0.1, 0.15) is 0 Å². The van der Waals surface area contributed by atoms with Crippen LogP contribution in [-0.2, 0) is 14.8 Å². The van der Waals surface area contributed by atoms with Gasteiger partial charge in [0.2, 0.25) is 0 Å². The van der Waals surface area contributed by atoms with E-state index in [1.165, 1.54) is 0 Å². The molecule has 6 heteroatoms. The predicted molar refractivity (Wildman–Crippen MR) is 54.6 cm³/mol. The van der Waals surface area contributed by atoms with Crippen LogP contribution >= 0.6 is 0 Å². The second-order valence-corrected chi connectivity index (χ2v) is 7.90. The van der Waals surface area contributed by atoms with Gasteiger partial charge < -0.3 is 0 Å². The first-order chi connectivity index (χ1) is 7.15. The summed E-state index contributed by atoms with van der Waals surface area (Å²) in [6, 6.07) is 1.69. The molecule has 0 saturated carbocycles. The van der Waals surface area contributed by atoms with Crippen molar-refractivity contribution in [2.24, 2.45) is 0 Å². The van der Waals surface area contributed by atoms with Crippen LogP contribution in [0.2, 0.25) is 5.21 Å². The normalized spacial score (nSPS) is 12.1. The van der Waals surface area contributed by atoms with E-state index in [2.05, 4.69) is 9.97 Å². The Morgan fingerprint density at radius 3 is 2.47 bits per heavy atom. The Bertz CT molecular complexity index is 356. The maximum absolute atomic E-state index is 11.3. The molecule has 15 heavy (non-hydrogen) atoms. The molecule has 1 aromatic rings. The first kappa shape index (κ1) is 11.9. The summed E-state index contributed by atoms with van der Waals surface area (Å²) in [6.07, 6.45) is 3.19. The summed E-state index contributed by atoms with van der Waals surface area (Å²) in [6.45, 7) is 1.84. The van der Waals surface area contributed by atoms with Crippen molar-refractivity contribution in [2.45, 2.75) is 17.3 Å². The third kappa shape index (κ3) is 3.44. The van der Waals surface area contributed by atoms with Crippen LogP contribution in [0, 0.1) is 0 Å². The van der Waals surface area contributed by atoms with Gasteiger partial charge in [0, 0.05) is 0 Å². The number of hydrogen-bond acceptors (Lipinski definition) is 4. The molecule has 0 amide bonds. The second-order valence-electron chi connectivity index (χ2n) is 2.79. The van der Waals surface area contributed by atoms with Crippen molar-refractivity contribution in [2.75, 3.05) is 0 Å². The van der Waals surface area contributed by atoms with Crippen LogP contribution in [0.3, 0.4) is 0 Å². The van der Waals surface area contributed by atoms with Crippen molar-refractivity contribution in [3.05, 3.63) is 24.3 Å². The van der Waals surface area contributed by atoms with Crippen molar-refractivity contribution in [3.63, 3.8) is 0 Å². The van der Waals surface area contributed by atoms with Gasteiger partial charge in [-0.25, -0.2) is 0 Å². The van der Waals surface area contributed by atoms with Gasteiger partial charge in [0.15, 0.2) is 0 Å². The standard InChI is InChI=1S/C9H11AsN2O3/c1-2-10(8(13)9(14)15)6-7-11-4-3-5-12-7/h3-5H,2,6H2,1H3,(H,14,15). The number of carboxylic acid groups (broad SMARTS) is 1. The van der Waals surface area contributed by atoms with Gasteiger partial charge >= 0.3 is 91.5 Å². The van der Waals surface area contributed by atoms with E-state index in [4.69, 9.17) is 5.11 Å². The number of carboxylic acids is 1. The van der Waals surface area contributed by atoms with E-state index in [9.17, 15) is 9.59 Å². The monoisotopic (exact) mass is 270 g/mol. The summed E-state index contributed by atoms with van der Waals surface area (Å²) < 4.78 is -0.627. The molecule has 0 bridgehead atoms. The first-order valence-electron chi connectivity index (χ1n) is 4.43. The topological polar surface area (TPSA) is 80.2 Å². The van der Waals surface area contributed by atoms with E-state index >= 15 is 0 Å². The van der Waals surface area contributed by atoms with Gasteiger partial charge in [0.05, 0.1) is 0 Å². The first-order valence-corrected chi connectivity index (χ1v) is 8.02. The van der Waals surface area contributed by atoms with Crippen LogP contribution in [0.25, 0.3) is 0 Å². The van der Waals surface area contributed by atoms with Crippen LogP contribution in [0.5, 0.6) is 0 Å². The van der Waals surface area contributed by atoms with Crippen LogP contribution in [0.1, 0.15) is 12.7 Å². The zero-order valence-corrected chi connectivity index (χ0v) is 10.1. The summed E-state index contributed by atoms with van der Waals surface area (Å²) in [4.78, 5) is 29.8. The average molecular weight is 270 g/mol. The van der Waals surface area contributed by atoms with Crippen LogP contribution in [0.4, 0.5) is 0 Å². The Labute approximate surface area is 91.8 Å². The summed E-state index contributed by atoms with van der Waals surface area (Å²) in [7, 11) is 0. The average Bonchev–Trinajstić information content (AvgIpc) is 2.26. The number of aliphatic carboxylic acids is 1. The third-order valence-electron chi connectivity index (χ3n) is 1.80. The Morgan fingerprint density at radius 2 is 2.00 bits per heavy atom. The number of carbonyl (C=O) groups excluding carboxylic acids is 1. The van der Waals surface area contributed by atoms with E-state index in [0.29, 0.717) is 16.2 Å². The molecule has 1 N–H and O–H groups in total. The van der Waals surface area contributed by atoms with Gasteiger partial charge in [-0.2, -0.15) is 0 Å². The molecule has 1 atom stereocenters. The number of carbonyl (C=O) groups is 2. The van der Waals surface area contributed by atoms with E-state index in [0.717, 1.165) is 0 Å². The number of aromatic nitrogens is 2. The zero-order valence-electron chi connectivity index (χ0n) is 8.25. The number of nitrogens with zero attached hydrogens (tertiary/aromatic N) is 2. The summed E-state index contributed by atoms with van der Waals surface area (Å²) in [5.41, 5.74) is 0. The summed E-state index contributed by atoms with van der Waals surface area (Å²) in [5, 5.41) is 9.66. The molecule has 0 radical (unpaired) electrons. The molecule has 0 aromatic carbocycles. The predicted octanol–water partition coefficient (Wildman–Crippen LogP) is 0.266. The van der Waals surface area contributed by atoms with Gasteiger partial charge in [-0.1, -0.05) is 0 Å². The molecule has 80 valence electrons. The van der Waals surface area contributed by atoms with Crippen molar-refractivity contribution in [3.8, 4) is 0 Å². The Morgan fingerprint density at radius 1 is 1.40 bits per heavy atom. The molecular formula is C9H11AsN2O3. The van der Waals surface area contributed by atoms with Crippen molar-refractivity contribution < 1.29 is 14.7 Å². The summed E-state index contributed by atoms with van der Waals surface area (Å²) in [5.74, 6) is -0.762. The fourth-order valence-corrected chi connectivity index (χ4v) is 4.04. The molecule has 5 nitrogen and oxygen atoms in total. The van der Waals surface area contributed by atoms with E-state index in [1.54, 1.807) is 18.5 Å². The van der Waals surface area contributed by atoms with E-state index in [1.807, 2.05) is 6.92 Å². The second kappa shape index (κ2) is 5.61. The molecule has 0 aliphatic rings. The number of rotatable bonds is 5. The molecular weight excluding hydrogens is 259 g/mol. The molecule has 0 fully saturated rings. The zero-order chi connectivity index (χ0) is 11.3. The molecule has 1 unspecified atom stereocenters. The Hall–Kier alpha value is -1.22. The SMILES string of the molecule is CC[As](Cc1ncccn1)C(=O)C(=O)O. The molecule has 0 aliphatic carbocycles. The molecule has 0 spiro atoms.